The molecule has 1 atom stereocenters. The number of nitrogens with one attached hydrogen (secondary N) is 1. The van der Waals surface area contributed by atoms with Gasteiger partial charge in [-0.1, -0.05) is 6.07 Å². The van der Waals surface area contributed by atoms with Crippen molar-refractivity contribution in [2.45, 2.75) is 43.0 Å². The van der Waals surface area contributed by atoms with Crippen molar-refractivity contribution in [3.8, 4) is 0 Å². The molecular formula is C17H21N3O4S. The van der Waals surface area contributed by atoms with Crippen molar-refractivity contribution in [1.82, 2.24) is 14.5 Å². The Labute approximate surface area is 147 Å². The zero-order valence-corrected chi connectivity index (χ0v) is 14.7. The number of sulfonamides is 1. The molecule has 2 saturated heterocycles. The van der Waals surface area contributed by atoms with Gasteiger partial charge < -0.3 is 5.32 Å². The highest BCUT2D eigenvalue weighted by molar-refractivity contribution is 7.89. The van der Waals surface area contributed by atoms with Gasteiger partial charge in [-0.2, -0.15) is 4.31 Å². The lowest BCUT2D eigenvalue weighted by atomic mass is 9.92. The Balaban J connectivity index is 1.55. The zero-order valence-electron chi connectivity index (χ0n) is 13.9. The maximum Gasteiger partial charge on any atom is 0.324 e. The maximum absolute atomic E-state index is 13.0. The molecular weight excluding hydrogens is 342 g/mol. The summed E-state index contributed by atoms with van der Waals surface area (Å²) in [4.78, 5) is 25.1. The Morgan fingerprint density at radius 1 is 1.08 bits per heavy atom. The molecule has 2 aliphatic heterocycles. The molecule has 2 heterocycles. The molecule has 3 aliphatic rings. The number of benzene rings is 1. The second kappa shape index (κ2) is 6.10. The molecule has 1 aromatic rings. The summed E-state index contributed by atoms with van der Waals surface area (Å²) in [6, 6.07) is 4.59. The van der Waals surface area contributed by atoms with E-state index in [1.807, 2.05) is 6.07 Å². The van der Waals surface area contributed by atoms with Gasteiger partial charge in [0.15, 0.2) is 0 Å². The number of rotatable bonds is 3. The number of aryl methyl sites for hydroxylation is 2. The van der Waals surface area contributed by atoms with E-state index in [1.165, 1.54) is 14.8 Å². The molecule has 3 amide bonds. The normalized spacial score (nSPS) is 24.5. The molecule has 25 heavy (non-hydrogen) atoms. The summed E-state index contributed by atoms with van der Waals surface area (Å²) in [5, 5.41) is 2.49. The Morgan fingerprint density at radius 2 is 1.84 bits per heavy atom. The summed E-state index contributed by atoms with van der Waals surface area (Å²) in [5.41, 5.74) is 2.36. The van der Waals surface area contributed by atoms with Crippen LogP contribution in [0, 0.1) is 0 Å². The van der Waals surface area contributed by atoms with Gasteiger partial charge in [0.2, 0.25) is 15.9 Å². The zero-order chi connectivity index (χ0) is 17.6. The van der Waals surface area contributed by atoms with Gasteiger partial charge in [-0.15, -0.1) is 0 Å². The summed E-state index contributed by atoms with van der Waals surface area (Å²) < 4.78 is 27.3. The third-order valence-electron chi connectivity index (χ3n) is 5.33. The largest absolute Gasteiger partial charge is 0.329 e. The van der Waals surface area contributed by atoms with Crippen LogP contribution in [-0.4, -0.2) is 55.2 Å². The predicted molar refractivity (Wildman–Crippen MR) is 90.5 cm³/mol. The standard InChI is InChI=1S/C17H21N3O4S/c21-16-10-18-17(22)20(16)14-7-8-19(11-14)25(23,24)15-6-5-12-3-1-2-4-13(12)9-15/h5-6,9,14H,1-4,7-8,10-11H2,(H,18,22). The van der Waals surface area contributed by atoms with Crippen LogP contribution in [0.5, 0.6) is 0 Å². The van der Waals surface area contributed by atoms with Gasteiger partial charge in [0.1, 0.15) is 0 Å². The molecule has 0 radical (unpaired) electrons. The van der Waals surface area contributed by atoms with Crippen molar-refractivity contribution in [3.05, 3.63) is 29.3 Å². The van der Waals surface area contributed by atoms with Crippen LogP contribution in [0.1, 0.15) is 30.4 Å². The third-order valence-corrected chi connectivity index (χ3v) is 7.19. The van der Waals surface area contributed by atoms with E-state index in [0.29, 0.717) is 17.9 Å². The Bertz CT molecular complexity index is 820. The molecule has 1 N–H and O–H groups in total. The molecule has 0 spiro atoms. The first-order chi connectivity index (χ1) is 12.0. The molecule has 134 valence electrons. The van der Waals surface area contributed by atoms with Crippen LogP contribution >= 0.6 is 0 Å². The number of amides is 3. The van der Waals surface area contributed by atoms with Crippen LogP contribution in [0.15, 0.2) is 23.1 Å². The van der Waals surface area contributed by atoms with E-state index in [-0.39, 0.29) is 25.0 Å². The van der Waals surface area contributed by atoms with E-state index in [2.05, 4.69) is 5.32 Å². The fourth-order valence-electron chi connectivity index (χ4n) is 3.96. The Hall–Kier alpha value is -1.93. The lowest BCUT2D eigenvalue weighted by Crippen LogP contribution is -2.42. The SMILES string of the molecule is O=C1CNC(=O)N1C1CCN(S(=O)(=O)c2ccc3c(c2)CCCC3)C1. The number of imide groups is 1. The van der Waals surface area contributed by atoms with E-state index < -0.39 is 16.1 Å². The lowest BCUT2D eigenvalue weighted by Gasteiger charge is -2.22. The number of fused-ring (bicyclic) bond motifs is 1. The third kappa shape index (κ3) is 2.83. The van der Waals surface area contributed by atoms with E-state index in [0.717, 1.165) is 31.2 Å². The average Bonchev–Trinajstić information content (AvgIpc) is 3.21. The minimum atomic E-state index is -3.61. The first kappa shape index (κ1) is 16.5. The maximum atomic E-state index is 13.0. The minimum absolute atomic E-state index is 0.00704. The number of hydrogen-bond donors (Lipinski definition) is 1. The van der Waals surface area contributed by atoms with Gasteiger partial charge in [-0.3, -0.25) is 9.69 Å². The summed E-state index contributed by atoms with van der Waals surface area (Å²) in [6.45, 7) is 0.479. The van der Waals surface area contributed by atoms with Crippen molar-refractivity contribution >= 4 is 22.0 Å². The van der Waals surface area contributed by atoms with Crippen molar-refractivity contribution in [1.29, 1.82) is 0 Å². The van der Waals surface area contributed by atoms with E-state index in [9.17, 15) is 18.0 Å². The molecule has 1 aromatic carbocycles. The van der Waals surface area contributed by atoms with E-state index in [4.69, 9.17) is 0 Å². The average molecular weight is 363 g/mol. The fraction of sp³-hybridized carbons (Fsp3) is 0.529. The van der Waals surface area contributed by atoms with Crippen molar-refractivity contribution in [2.24, 2.45) is 0 Å². The topological polar surface area (TPSA) is 86.8 Å². The Kier molecular flexibility index (Phi) is 4.04. The van der Waals surface area contributed by atoms with Crippen molar-refractivity contribution in [3.63, 3.8) is 0 Å². The van der Waals surface area contributed by atoms with Crippen molar-refractivity contribution in [2.75, 3.05) is 19.6 Å². The molecule has 0 aromatic heterocycles. The van der Waals surface area contributed by atoms with Gasteiger partial charge in [-0.25, -0.2) is 13.2 Å². The molecule has 0 saturated carbocycles. The molecule has 1 unspecified atom stereocenters. The minimum Gasteiger partial charge on any atom is -0.329 e. The van der Waals surface area contributed by atoms with E-state index >= 15 is 0 Å². The second-order valence-electron chi connectivity index (χ2n) is 6.87. The molecule has 8 heteroatoms. The highest BCUT2D eigenvalue weighted by Crippen LogP contribution is 2.28. The van der Waals surface area contributed by atoms with Gasteiger partial charge in [-0.05, 0) is 55.4 Å². The number of urea groups is 1. The van der Waals surface area contributed by atoms with Crippen LogP contribution in [0.3, 0.4) is 0 Å². The highest BCUT2D eigenvalue weighted by atomic mass is 32.2. The summed E-state index contributed by atoms with van der Waals surface area (Å²) in [7, 11) is -3.61. The number of carbonyl (C=O) groups excluding carboxylic acids is 2. The quantitative estimate of drug-likeness (QED) is 0.808. The van der Waals surface area contributed by atoms with Crippen LogP contribution in [0.4, 0.5) is 4.79 Å². The van der Waals surface area contributed by atoms with Crippen LogP contribution < -0.4 is 5.32 Å². The monoisotopic (exact) mass is 363 g/mol. The summed E-state index contributed by atoms with van der Waals surface area (Å²) in [5.74, 6) is -0.289. The first-order valence-corrected chi connectivity index (χ1v) is 10.1. The van der Waals surface area contributed by atoms with Crippen LogP contribution in [0.2, 0.25) is 0 Å². The van der Waals surface area contributed by atoms with E-state index in [1.54, 1.807) is 12.1 Å². The van der Waals surface area contributed by atoms with Gasteiger partial charge >= 0.3 is 6.03 Å². The van der Waals surface area contributed by atoms with Gasteiger partial charge in [0, 0.05) is 13.1 Å². The first-order valence-electron chi connectivity index (χ1n) is 8.68. The summed E-state index contributed by atoms with van der Waals surface area (Å²) >= 11 is 0. The second-order valence-corrected chi connectivity index (χ2v) is 8.80. The van der Waals surface area contributed by atoms with Gasteiger partial charge in [0.25, 0.3) is 0 Å². The molecule has 0 bridgehead atoms. The molecule has 4 rings (SSSR count). The molecule has 1 aliphatic carbocycles. The smallest absolute Gasteiger partial charge is 0.324 e. The highest BCUT2D eigenvalue weighted by Gasteiger charge is 2.41. The fourth-order valence-corrected chi connectivity index (χ4v) is 5.51. The predicted octanol–water partition coefficient (Wildman–Crippen LogP) is 0.880. The molecule has 2 fully saturated rings. The van der Waals surface area contributed by atoms with Crippen LogP contribution in [-0.2, 0) is 27.7 Å². The van der Waals surface area contributed by atoms with Crippen LogP contribution in [0.25, 0.3) is 0 Å². The Morgan fingerprint density at radius 3 is 2.56 bits per heavy atom. The number of carbonyl (C=O) groups is 2. The lowest BCUT2D eigenvalue weighted by molar-refractivity contribution is -0.126. The summed E-state index contributed by atoms with van der Waals surface area (Å²) in [6.07, 6.45) is 4.65. The molecule has 7 nitrogen and oxygen atoms in total. The number of hydrogen-bond acceptors (Lipinski definition) is 4. The van der Waals surface area contributed by atoms with Crippen molar-refractivity contribution < 1.29 is 18.0 Å². The number of nitrogens with zero attached hydrogens (tertiary/aromatic N) is 2. The van der Waals surface area contributed by atoms with Gasteiger partial charge in [0.05, 0.1) is 17.5 Å².